The van der Waals surface area contributed by atoms with Crippen LogP contribution in [-0.2, 0) is 20.4 Å². The van der Waals surface area contributed by atoms with Gasteiger partial charge in [-0.1, -0.05) is 158 Å². The summed E-state index contributed by atoms with van der Waals surface area (Å²) in [6.07, 6.45) is 24.5. The van der Waals surface area contributed by atoms with Crippen LogP contribution in [0.2, 0.25) is 0 Å². The molecule has 0 aromatic carbocycles. The highest BCUT2D eigenvalue weighted by atomic mass is 32.1. The summed E-state index contributed by atoms with van der Waals surface area (Å²) in [7, 11) is 0. The van der Waals surface area contributed by atoms with Crippen molar-refractivity contribution in [3.05, 3.63) is 78.2 Å². The molecule has 8 rings (SSSR count). The molecular weight excluding hydrogens is 861 g/mol. The molecule has 64 heavy (non-hydrogen) atoms. The fourth-order valence-electron chi connectivity index (χ4n) is 12.4. The first-order valence-electron chi connectivity index (χ1n) is 25.7. The first-order chi connectivity index (χ1) is 31.1. The second-order valence-electron chi connectivity index (χ2n) is 20.1. The van der Waals surface area contributed by atoms with Gasteiger partial charge < -0.3 is 10.6 Å². The molecule has 2 aliphatic heterocycles. The highest BCUT2D eigenvalue weighted by Crippen LogP contribution is 2.63. The number of thiophene rings is 4. The molecule has 0 bridgehead atoms. The van der Waals surface area contributed by atoms with E-state index in [0.29, 0.717) is 46.2 Å². The van der Waals surface area contributed by atoms with Gasteiger partial charge in [0.2, 0.25) is 0 Å². The van der Waals surface area contributed by atoms with E-state index in [1.807, 2.05) is 22.7 Å². The lowest BCUT2D eigenvalue weighted by molar-refractivity contribution is -0.117. The van der Waals surface area contributed by atoms with Gasteiger partial charge in [0.15, 0.2) is 0 Å². The molecule has 0 saturated carbocycles. The van der Waals surface area contributed by atoms with Gasteiger partial charge in [0.1, 0.15) is 0 Å². The summed E-state index contributed by atoms with van der Waals surface area (Å²) >= 11 is 7.37. The zero-order valence-corrected chi connectivity index (χ0v) is 43.6. The van der Waals surface area contributed by atoms with Crippen LogP contribution in [0.4, 0.5) is 0 Å². The fourth-order valence-corrected chi connectivity index (χ4v) is 17.3. The van der Waals surface area contributed by atoms with Crippen molar-refractivity contribution in [1.29, 1.82) is 0 Å². The minimum atomic E-state index is -0.154. The fraction of sp³-hybridized carbons (Fsp3) is 0.607. The summed E-state index contributed by atoms with van der Waals surface area (Å²) in [5, 5.41) is 11.3. The third kappa shape index (κ3) is 8.55. The van der Waals surface area contributed by atoms with E-state index in [4.69, 9.17) is 0 Å². The molecule has 2 N–H and O–H groups in total. The van der Waals surface area contributed by atoms with Crippen molar-refractivity contribution in [2.75, 3.05) is 0 Å². The molecule has 4 unspecified atom stereocenters. The van der Waals surface area contributed by atoms with Crippen molar-refractivity contribution in [2.24, 2.45) is 23.7 Å². The molecule has 346 valence electrons. The number of rotatable bonds is 26. The van der Waals surface area contributed by atoms with Crippen LogP contribution in [-0.4, -0.2) is 11.8 Å². The zero-order chi connectivity index (χ0) is 45.2. The van der Waals surface area contributed by atoms with Gasteiger partial charge in [0, 0.05) is 30.3 Å². The van der Waals surface area contributed by atoms with Gasteiger partial charge in [-0.25, -0.2) is 0 Å². The third-order valence-electron chi connectivity index (χ3n) is 16.2. The van der Waals surface area contributed by atoms with E-state index >= 15 is 0 Å². The van der Waals surface area contributed by atoms with Crippen LogP contribution >= 0.6 is 45.3 Å². The molecule has 4 aromatic rings. The van der Waals surface area contributed by atoms with E-state index < -0.39 is 0 Å². The summed E-state index contributed by atoms with van der Waals surface area (Å²) in [5.41, 5.74) is 8.34. The normalized spacial score (nSPS) is 21.5. The van der Waals surface area contributed by atoms with Crippen LogP contribution < -0.4 is 10.6 Å². The number of unbranched alkanes of at least 4 members (excludes halogenated alkanes) is 4. The summed E-state index contributed by atoms with van der Waals surface area (Å²) < 4.78 is 0. The topological polar surface area (TPSA) is 58.2 Å². The molecule has 0 saturated heterocycles. The van der Waals surface area contributed by atoms with E-state index in [1.54, 1.807) is 22.7 Å². The maximum Gasteiger partial charge on any atom is 0.258 e. The highest BCUT2D eigenvalue weighted by molar-refractivity contribution is 7.23. The molecule has 2 amide bonds. The number of hydrogen-bond donors (Lipinski definition) is 2. The average Bonchev–Trinajstić information content (AvgIpc) is 4.17. The van der Waals surface area contributed by atoms with Crippen molar-refractivity contribution in [1.82, 2.24) is 10.6 Å². The molecule has 4 aliphatic rings. The third-order valence-corrected chi connectivity index (χ3v) is 20.6. The van der Waals surface area contributed by atoms with E-state index in [2.05, 4.69) is 101 Å². The molecule has 0 radical (unpaired) electrons. The van der Waals surface area contributed by atoms with Gasteiger partial charge in [0.05, 0.1) is 32.3 Å². The molecule has 4 atom stereocenters. The Hall–Kier alpha value is -2.78. The number of fused-ring (bicyclic) bond motifs is 7. The monoisotopic (exact) mass is 936 g/mol. The van der Waals surface area contributed by atoms with Gasteiger partial charge in [-0.15, -0.1) is 45.3 Å². The number of carbonyl (C=O) groups is 2. The average molecular weight is 938 g/mol. The Morgan fingerprint density at radius 2 is 0.797 bits per heavy atom. The minimum absolute atomic E-state index is 0.0524. The Morgan fingerprint density at radius 3 is 1.09 bits per heavy atom. The van der Waals surface area contributed by atoms with Crippen LogP contribution in [0.25, 0.3) is 30.9 Å². The van der Waals surface area contributed by atoms with E-state index in [1.165, 1.54) is 170 Å². The van der Waals surface area contributed by atoms with Crippen molar-refractivity contribution < 1.29 is 9.59 Å². The first-order valence-corrected chi connectivity index (χ1v) is 29.1. The van der Waals surface area contributed by atoms with E-state index in [0.717, 1.165) is 9.75 Å². The smallest absolute Gasteiger partial charge is 0.258 e. The molecule has 0 fully saturated rings. The molecular formula is C56H76N2O2S4. The molecule has 8 heteroatoms. The number of amides is 2. The Morgan fingerprint density at radius 1 is 0.469 bits per heavy atom. The lowest BCUT2D eigenvalue weighted by atomic mass is 9.65. The lowest BCUT2D eigenvalue weighted by Crippen LogP contribution is -2.31. The van der Waals surface area contributed by atoms with Crippen LogP contribution in [0.15, 0.2) is 46.2 Å². The second-order valence-corrected chi connectivity index (χ2v) is 24.0. The number of carbonyl (C=O) groups excluding carboxylic acids is 2. The van der Waals surface area contributed by atoms with Crippen LogP contribution in [0.5, 0.6) is 0 Å². The molecule has 6 heterocycles. The molecule has 4 aromatic heterocycles. The molecule has 4 nitrogen and oxygen atoms in total. The predicted octanol–water partition coefficient (Wildman–Crippen LogP) is 17.3. The van der Waals surface area contributed by atoms with Crippen LogP contribution in [0, 0.1) is 23.7 Å². The SMILES string of the molecule is CCCCC(CC)CC1(CC(CC)CCCC)c2ccsc2-c2sc(C3=C4C(=O)NC(c5cc6c(s5)-c5sccc5C6(CC(CC)CCCC)CC(CC)CCCC)=C4C(=O)N3)cc21. The van der Waals surface area contributed by atoms with Crippen molar-refractivity contribution >= 4 is 68.6 Å². The maximum absolute atomic E-state index is 14.4. The second kappa shape index (κ2) is 20.6. The van der Waals surface area contributed by atoms with Crippen molar-refractivity contribution in [3.8, 4) is 19.5 Å². The first kappa shape index (κ1) is 47.7. The largest absolute Gasteiger partial charge is 0.320 e. The van der Waals surface area contributed by atoms with E-state index in [9.17, 15) is 9.59 Å². The standard InChI is InChI=1S/C56H76N2O2S4/c1-9-17-21-35(13-5)31-55(32-36(14-6)22-18-10-2)39-25-27-61-49(39)51-41(55)29-43(63-51)47-45-46(54(60)57-47)48(58-53(45)59)44-30-42-52(64-44)50-40(26-28-62-50)56(42,33-37(15-7)23-19-11-3)34-38(16-8)24-20-12-4/h25-30,35-38H,9-24,31-34H2,1-8H3,(H,57,60)(H,58,59). The lowest BCUT2D eigenvalue weighted by Gasteiger charge is -2.37. The highest BCUT2D eigenvalue weighted by Gasteiger charge is 2.51. The van der Waals surface area contributed by atoms with Gasteiger partial charge >= 0.3 is 0 Å². The van der Waals surface area contributed by atoms with Crippen molar-refractivity contribution in [3.63, 3.8) is 0 Å². The Labute approximate surface area is 402 Å². The quantitative estimate of drug-likeness (QED) is 0.0659. The molecule has 0 spiro atoms. The summed E-state index contributed by atoms with van der Waals surface area (Å²) in [5.74, 6) is 2.31. The number of nitrogens with one attached hydrogen (secondary N) is 2. The summed E-state index contributed by atoms with van der Waals surface area (Å²) in [4.78, 5) is 36.5. The Bertz CT molecular complexity index is 2150. The van der Waals surface area contributed by atoms with Gasteiger partial charge in [0.25, 0.3) is 11.8 Å². The van der Waals surface area contributed by atoms with Crippen LogP contribution in [0.3, 0.4) is 0 Å². The minimum Gasteiger partial charge on any atom is -0.320 e. The molecule has 2 aliphatic carbocycles. The zero-order valence-electron chi connectivity index (χ0n) is 40.4. The Balaban J connectivity index is 1.22. The number of hydrogen-bond acceptors (Lipinski definition) is 6. The van der Waals surface area contributed by atoms with Gasteiger partial charge in [-0.05, 0) is 107 Å². The summed E-state index contributed by atoms with van der Waals surface area (Å²) in [6, 6.07) is 9.71. The maximum atomic E-state index is 14.4. The van der Waals surface area contributed by atoms with Crippen LogP contribution in [0.1, 0.15) is 216 Å². The Kier molecular flexibility index (Phi) is 15.4. The summed E-state index contributed by atoms with van der Waals surface area (Å²) in [6.45, 7) is 18.8. The van der Waals surface area contributed by atoms with E-state index in [-0.39, 0.29) is 22.6 Å². The van der Waals surface area contributed by atoms with Crippen molar-refractivity contribution in [2.45, 2.75) is 195 Å². The predicted molar refractivity (Wildman–Crippen MR) is 279 cm³/mol. The van der Waals surface area contributed by atoms with Gasteiger partial charge in [-0.3, -0.25) is 9.59 Å². The van der Waals surface area contributed by atoms with Gasteiger partial charge in [-0.2, -0.15) is 0 Å².